The predicted molar refractivity (Wildman–Crippen MR) is 68.4 cm³/mol. The van der Waals surface area contributed by atoms with Crippen molar-refractivity contribution in [1.29, 1.82) is 0 Å². The van der Waals surface area contributed by atoms with E-state index >= 15 is 0 Å². The Morgan fingerprint density at radius 3 is 2.74 bits per heavy atom. The van der Waals surface area contributed by atoms with Crippen LogP contribution in [0, 0.1) is 17.6 Å². The molecule has 1 heterocycles. The molecule has 0 saturated heterocycles. The van der Waals surface area contributed by atoms with Crippen molar-refractivity contribution >= 4 is 11.6 Å². The molecule has 0 aliphatic heterocycles. The van der Waals surface area contributed by atoms with Crippen LogP contribution >= 0.6 is 0 Å². The molecule has 0 spiro atoms. The molecule has 7 heteroatoms. The van der Waals surface area contributed by atoms with E-state index in [0.717, 1.165) is 25.3 Å². The molecule has 0 bridgehead atoms. The van der Waals surface area contributed by atoms with Gasteiger partial charge in [0.15, 0.2) is 23.3 Å². The van der Waals surface area contributed by atoms with Gasteiger partial charge in [-0.2, -0.15) is 0 Å². The number of hydrazine groups is 1. The van der Waals surface area contributed by atoms with Crippen molar-refractivity contribution in [3.05, 3.63) is 17.7 Å². The van der Waals surface area contributed by atoms with Crippen LogP contribution in [0.4, 0.5) is 20.4 Å². The van der Waals surface area contributed by atoms with E-state index in [1.54, 1.807) is 0 Å². The number of aromatic nitrogens is 1. The van der Waals surface area contributed by atoms with Crippen LogP contribution in [0.2, 0.25) is 0 Å². The van der Waals surface area contributed by atoms with Gasteiger partial charge in [0.1, 0.15) is 0 Å². The molecule has 1 fully saturated rings. The lowest BCUT2D eigenvalue weighted by atomic mass is 9.87. The van der Waals surface area contributed by atoms with Crippen molar-refractivity contribution in [2.75, 3.05) is 17.3 Å². The molecule has 0 radical (unpaired) electrons. The van der Waals surface area contributed by atoms with Crippen molar-refractivity contribution in [1.82, 2.24) is 4.98 Å². The molecule has 106 valence electrons. The number of nitrogen functional groups attached to an aromatic ring is 1. The van der Waals surface area contributed by atoms with Crippen molar-refractivity contribution in [3.63, 3.8) is 0 Å². The Labute approximate surface area is 110 Å². The Bertz CT molecular complexity index is 444. The number of aliphatic hydroxyl groups is 1. The second-order valence-corrected chi connectivity index (χ2v) is 4.86. The molecule has 19 heavy (non-hydrogen) atoms. The Balaban J connectivity index is 1.99. The lowest BCUT2D eigenvalue weighted by Gasteiger charge is -2.26. The molecular formula is C12H18F2N4O. The normalized spacial score (nSPS) is 23.2. The van der Waals surface area contributed by atoms with Gasteiger partial charge in [-0.1, -0.05) is 6.42 Å². The van der Waals surface area contributed by atoms with Crippen LogP contribution in [-0.2, 0) is 0 Å². The zero-order valence-corrected chi connectivity index (χ0v) is 10.5. The first-order chi connectivity index (χ1) is 9.10. The molecule has 1 aliphatic rings. The summed E-state index contributed by atoms with van der Waals surface area (Å²) in [5.41, 5.74) is 2.08. The highest BCUT2D eigenvalue weighted by Gasteiger charge is 2.20. The van der Waals surface area contributed by atoms with Gasteiger partial charge in [-0.15, -0.1) is 0 Å². The zero-order valence-electron chi connectivity index (χ0n) is 10.5. The molecule has 1 aromatic rings. The average molecular weight is 272 g/mol. The number of anilines is 2. The summed E-state index contributed by atoms with van der Waals surface area (Å²) < 4.78 is 26.7. The van der Waals surface area contributed by atoms with Gasteiger partial charge in [0.05, 0.1) is 6.10 Å². The largest absolute Gasteiger partial charge is 0.393 e. The fourth-order valence-electron chi connectivity index (χ4n) is 2.38. The summed E-state index contributed by atoms with van der Waals surface area (Å²) in [7, 11) is 0. The fraction of sp³-hybridized carbons (Fsp3) is 0.583. The number of nitrogens with one attached hydrogen (secondary N) is 2. The highest BCUT2D eigenvalue weighted by Crippen LogP contribution is 2.25. The van der Waals surface area contributed by atoms with Gasteiger partial charge >= 0.3 is 0 Å². The number of rotatable bonds is 4. The Morgan fingerprint density at radius 1 is 1.32 bits per heavy atom. The first-order valence-electron chi connectivity index (χ1n) is 6.34. The van der Waals surface area contributed by atoms with Crippen molar-refractivity contribution in [2.45, 2.75) is 31.8 Å². The van der Waals surface area contributed by atoms with Gasteiger partial charge in [0, 0.05) is 12.6 Å². The number of halogens is 2. The molecule has 2 unspecified atom stereocenters. The summed E-state index contributed by atoms with van der Waals surface area (Å²) in [4.78, 5) is 3.73. The van der Waals surface area contributed by atoms with E-state index in [4.69, 9.17) is 5.84 Å². The van der Waals surface area contributed by atoms with E-state index in [2.05, 4.69) is 15.7 Å². The van der Waals surface area contributed by atoms with E-state index in [0.29, 0.717) is 13.0 Å². The van der Waals surface area contributed by atoms with Crippen LogP contribution < -0.4 is 16.6 Å². The number of nitrogens with two attached hydrogens (primary N) is 1. The van der Waals surface area contributed by atoms with Gasteiger partial charge < -0.3 is 15.8 Å². The lowest BCUT2D eigenvalue weighted by Crippen LogP contribution is -2.25. The smallest absolute Gasteiger partial charge is 0.178 e. The molecule has 5 nitrogen and oxygen atoms in total. The second kappa shape index (κ2) is 6.12. The first kappa shape index (κ1) is 14.0. The third kappa shape index (κ3) is 3.51. The van der Waals surface area contributed by atoms with E-state index in [1.807, 2.05) is 0 Å². The van der Waals surface area contributed by atoms with Gasteiger partial charge in [0.25, 0.3) is 0 Å². The van der Waals surface area contributed by atoms with Crippen molar-refractivity contribution < 1.29 is 13.9 Å². The number of pyridine rings is 1. The van der Waals surface area contributed by atoms with Crippen LogP contribution in [0.5, 0.6) is 0 Å². The van der Waals surface area contributed by atoms with Crippen LogP contribution in [0.25, 0.3) is 0 Å². The summed E-state index contributed by atoms with van der Waals surface area (Å²) in [6, 6.07) is 0.736. The first-order valence-corrected chi connectivity index (χ1v) is 6.34. The number of hydrogen-bond acceptors (Lipinski definition) is 5. The maximum absolute atomic E-state index is 13.5. The molecule has 0 aromatic carbocycles. The lowest BCUT2D eigenvalue weighted by molar-refractivity contribution is 0.104. The average Bonchev–Trinajstić information content (AvgIpc) is 2.38. The van der Waals surface area contributed by atoms with Crippen molar-refractivity contribution in [2.24, 2.45) is 11.8 Å². The second-order valence-electron chi connectivity index (χ2n) is 4.86. The van der Waals surface area contributed by atoms with E-state index in [-0.39, 0.29) is 23.7 Å². The SMILES string of the molecule is NNc1nc(NCC2CCCC(O)C2)c(F)cc1F. The van der Waals surface area contributed by atoms with E-state index in [1.165, 1.54) is 0 Å². The third-order valence-corrected chi connectivity index (χ3v) is 3.38. The van der Waals surface area contributed by atoms with Crippen LogP contribution in [0.15, 0.2) is 6.07 Å². The molecule has 1 saturated carbocycles. The number of aliphatic hydroxyl groups excluding tert-OH is 1. The third-order valence-electron chi connectivity index (χ3n) is 3.38. The molecule has 1 aliphatic carbocycles. The standard InChI is InChI=1S/C12H18F2N4O/c13-9-5-10(14)12(18-15)17-11(9)16-6-7-2-1-3-8(19)4-7/h5,7-8,19H,1-4,6,15H2,(H2,16,17,18). The summed E-state index contributed by atoms with van der Waals surface area (Å²) >= 11 is 0. The minimum atomic E-state index is -0.835. The fourth-order valence-corrected chi connectivity index (χ4v) is 2.38. The van der Waals surface area contributed by atoms with Crippen LogP contribution in [0.3, 0.4) is 0 Å². The maximum Gasteiger partial charge on any atom is 0.178 e. The predicted octanol–water partition coefficient (Wildman–Crippen LogP) is 1.61. The molecule has 2 atom stereocenters. The van der Waals surface area contributed by atoms with Crippen LogP contribution in [0.1, 0.15) is 25.7 Å². The Morgan fingerprint density at radius 2 is 2.05 bits per heavy atom. The number of nitrogens with zero attached hydrogens (tertiary/aromatic N) is 1. The molecule has 5 N–H and O–H groups in total. The molecule has 2 rings (SSSR count). The molecular weight excluding hydrogens is 254 g/mol. The van der Waals surface area contributed by atoms with Crippen molar-refractivity contribution in [3.8, 4) is 0 Å². The summed E-state index contributed by atoms with van der Waals surface area (Å²) in [6.07, 6.45) is 3.17. The minimum Gasteiger partial charge on any atom is -0.393 e. The van der Waals surface area contributed by atoms with Crippen LogP contribution in [-0.4, -0.2) is 22.7 Å². The topological polar surface area (TPSA) is 83.2 Å². The van der Waals surface area contributed by atoms with Gasteiger partial charge in [-0.3, -0.25) is 0 Å². The Hall–Kier alpha value is -1.47. The van der Waals surface area contributed by atoms with E-state index in [9.17, 15) is 13.9 Å². The number of hydrogen-bond donors (Lipinski definition) is 4. The summed E-state index contributed by atoms with van der Waals surface area (Å²) in [5.74, 6) is 3.53. The quantitative estimate of drug-likeness (QED) is 0.494. The zero-order chi connectivity index (χ0) is 13.8. The van der Waals surface area contributed by atoms with Gasteiger partial charge in [0.2, 0.25) is 0 Å². The monoisotopic (exact) mass is 272 g/mol. The van der Waals surface area contributed by atoms with Gasteiger partial charge in [-0.05, 0) is 25.2 Å². The summed E-state index contributed by atoms with van der Waals surface area (Å²) in [5, 5.41) is 12.4. The van der Waals surface area contributed by atoms with Gasteiger partial charge in [-0.25, -0.2) is 19.6 Å². The highest BCUT2D eigenvalue weighted by atomic mass is 19.1. The highest BCUT2D eigenvalue weighted by molar-refractivity contribution is 5.46. The Kier molecular flexibility index (Phi) is 4.49. The van der Waals surface area contributed by atoms with E-state index < -0.39 is 11.6 Å². The molecule has 0 amide bonds. The minimum absolute atomic E-state index is 0.0330. The maximum atomic E-state index is 13.5. The summed E-state index contributed by atoms with van der Waals surface area (Å²) in [6.45, 7) is 0.497. The molecule has 1 aromatic heterocycles.